The van der Waals surface area contributed by atoms with Crippen LogP contribution in [-0.2, 0) is 9.53 Å². The number of aliphatic carboxylic acids is 1. The van der Waals surface area contributed by atoms with E-state index in [-0.39, 0.29) is 12.1 Å². The number of urea groups is 1. The van der Waals surface area contributed by atoms with Crippen LogP contribution in [0, 0.1) is 5.41 Å². The Kier molecular flexibility index (Phi) is 4.86. The molecule has 2 saturated heterocycles. The monoisotopic (exact) mass is 284 g/mol. The lowest BCUT2D eigenvalue weighted by Crippen LogP contribution is -2.53. The summed E-state index contributed by atoms with van der Waals surface area (Å²) in [5, 5.41) is 12.3. The molecule has 2 unspecified atom stereocenters. The van der Waals surface area contributed by atoms with Crippen molar-refractivity contribution in [2.75, 3.05) is 26.2 Å². The van der Waals surface area contributed by atoms with Crippen molar-refractivity contribution in [3.05, 3.63) is 0 Å². The van der Waals surface area contributed by atoms with Crippen LogP contribution in [0.15, 0.2) is 0 Å². The van der Waals surface area contributed by atoms with E-state index in [0.717, 1.165) is 25.9 Å². The molecule has 2 rings (SSSR count). The number of amides is 2. The quantitative estimate of drug-likeness (QED) is 0.819. The molecular formula is C14H24N2O4. The largest absolute Gasteiger partial charge is 0.481 e. The van der Waals surface area contributed by atoms with Crippen molar-refractivity contribution in [2.45, 2.75) is 45.1 Å². The first-order chi connectivity index (χ1) is 9.57. The molecule has 2 aliphatic rings. The number of hydrogen-bond acceptors (Lipinski definition) is 3. The maximum Gasteiger partial charge on any atom is 0.317 e. The van der Waals surface area contributed by atoms with E-state index in [4.69, 9.17) is 4.74 Å². The number of carbonyl (C=O) groups is 2. The van der Waals surface area contributed by atoms with Gasteiger partial charge < -0.3 is 20.1 Å². The number of carboxylic acid groups (broad SMARTS) is 1. The fourth-order valence-electron chi connectivity index (χ4n) is 3.04. The minimum atomic E-state index is -0.795. The summed E-state index contributed by atoms with van der Waals surface area (Å²) in [5.41, 5.74) is -0.778. The third kappa shape index (κ3) is 3.23. The molecule has 2 heterocycles. The van der Waals surface area contributed by atoms with Crippen LogP contribution >= 0.6 is 0 Å². The number of piperidine rings is 1. The molecule has 0 radical (unpaired) electrons. The zero-order valence-corrected chi connectivity index (χ0v) is 12.1. The molecule has 0 saturated carbocycles. The van der Waals surface area contributed by atoms with E-state index in [0.29, 0.717) is 32.5 Å². The van der Waals surface area contributed by atoms with Crippen LogP contribution < -0.4 is 5.32 Å². The van der Waals surface area contributed by atoms with Crippen LogP contribution in [0.3, 0.4) is 0 Å². The Bertz CT molecular complexity index is 368. The van der Waals surface area contributed by atoms with Gasteiger partial charge in [0.15, 0.2) is 0 Å². The Hall–Kier alpha value is -1.30. The second-order valence-electron chi connectivity index (χ2n) is 5.79. The summed E-state index contributed by atoms with van der Waals surface area (Å²) in [4.78, 5) is 25.2. The van der Waals surface area contributed by atoms with Gasteiger partial charge in [-0.15, -0.1) is 0 Å². The third-order valence-corrected chi connectivity index (χ3v) is 4.50. The maximum absolute atomic E-state index is 12.1. The summed E-state index contributed by atoms with van der Waals surface area (Å²) in [7, 11) is 0. The Morgan fingerprint density at radius 3 is 2.85 bits per heavy atom. The normalized spacial score (nSPS) is 30.2. The Morgan fingerprint density at radius 2 is 2.25 bits per heavy atom. The molecule has 6 nitrogen and oxygen atoms in total. The zero-order valence-electron chi connectivity index (χ0n) is 12.1. The SMILES string of the molecule is CCC1(C(=O)O)CCCN(C(=O)NCC2CCCO2)C1. The first-order valence-corrected chi connectivity index (χ1v) is 7.45. The number of nitrogens with zero attached hydrogens (tertiary/aromatic N) is 1. The van der Waals surface area contributed by atoms with Crippen LogP contribution in [0.4, 0.5) is 4.79 Å². The van der Waals surface area contributed by atoms with Gasteiger partial charge in [-0.3, -0.25) is 4.79 Å². The topological polar surface area (TPSA) is 78.9 Å². The molecular weight excluding hydrogens is 260 g/mol. The van der Waals surface area contributed by atoms with Gasteiger partial charge in [0.2, 0.25) is 0 Å². The van der Waals surface area contributed by atoms with Gasteiger partial charge in [-0.2, -0.15) is 0 Å². The van der Waals surface area contributed by atoms with Gasteiger partial charge in [0.25, 0.3) is 0 Å². The summed E-state index contributed by atoms with van der Waals surface area (Å²) < 4.78 is 5.46. The molecule has 2 atom stereocenters. The molecule has 2 fully saturated rings. The molecule has 20 heavy (non-hydrogen) atoms. The van der Waals surface area contributed by atoms with E-state index in [1.807, 2.05) is 6.92 Å². The number of carbonyl (C=O) groups excluding carboxylic acids is 1. The Morgan fingerprint density at radius 1 is 1.45 bits per heavy atom. The third-order valence-electron chi connectivity index (χ3n) is 4.50. The van der Waals surface area contributed by atoms with Gasteiger partial charge >= 0.3 is 12.0 Å². The van der Waals surface area contributed by atoms with Crippen LogP contribution in [0.2, 0.25) is 0 Å². The Labute approximate surface area is 119 Å². The highest BCUT2D eigenvalue weighted by atomic mass is 16.5. The second-order valence-corrected chi connectivity index (χ2v) is 5.79. The fraction of sp³-hybridized carbons (Fsp3) is 0.857. The summed E-state index contributed by atoms with van der Waals surface area (Å²) >= 11 is 0. The smallest absolute Gasteiger partial charge is 0.317 e. The summed E-state index contributed by atoms with van der Waals surface area (Å²) in [6, 6.07) is -0.167. The lowest BCUT2D eigenvalue weighted by molar-refractivity contribution is -0.152. The molecule has 2 N–H and O–H groups in total. The van der Waals surface area contributed by atoms with Crippen LogP contribution in [0.5, 0.6) is 0 Å². The number of nitrogens with one attached hydrogen (secondary N) is 1. The van der Waals surface area contributed by atoms with E-state index < -0.39 is 11.4 Å². The van der Waals surface area contributed by atoms with Crippen molar-refractivity contribution < 1.29 is 19.4 Å². The van der Waals surface area contributed by atoms with Gasteiger partial charge in [-0.1, -0.05) is 6.92 Å². The fourth-order valence-corrected chi connectivity index (χ4v) is 3.04. The minimum absolute atomic E-state index is 0.110. The van der Waals surface area contributed by atoms with E-state index in [1.165, 1.54) is 0 Å². The van der Waals surface area contributed by atoms with Crippen molar-refractivity contribution in [1.29, 1.82) is 0 Å². The average molecular weight is 284 g/mol. The molecule has 2 amide bonds. The van der Waals surface area contributed by atoms with Crippen molar-refractivity contribution >= 4 is 12.0 Å². The standard InChI is InChI=1S/C14H24N2O4/c1-2-14(12(17)18)6-4-7-16(10-14)13(19)15-9-11-5-3-8-20-11/h11H,2-10H2,1H3,(H,15,19)(H,17,18). The van der Waals surface area contributed by atoms with E-state index >= 15 is 0 Å². The average Bonchev–Trinajstić information content (AvgIpc) is 2.97. The highest BCUT2D eigenvalue weighted by molar-refractivity contribution is 5.78. The van der Waals surface area contributed by atoms with Gasteiger partial charge in [-0.25, -0.2) is 4.79 Å². The second kappa shape index (κ2) is 6.43. The van der Waals surface area contributed by atoms with Crippen molar-refractivity contribution in [3.63, 3.8) is 0 Å². The number of ether oxygens (including phenoxy) is 1. The predicted octanol–water partition coefficient (Wildman–Crippen LogP) is 1.45. The summed E-state index contributed by atoms with van der Waals surface area (Å²) in [6.45, 7) is 4.09. The highest BCUT2D eigenvalue weighted by Crippen LogP contribution is 2.33. The highest BCUT2D eigenvalue weighted by Gasteiger charge is 2.42. The number of rotatable bonds is 4. The van der Waals surface area contributed by atoms with E-state index in [2.05, 4.69) is 5.32 Å². The van der Waals surface area contributed by atoms with Crippen molar-refractivity contribution in [2.24, 2.45) is 5.41 Å². The first kappa shape index (κ1) is 15.1. The van der Waals surface area contributed by atoms with Crippen molar-refractivity contribution in [1.82, 2.24) is 10.2 Å². The molecule has 0 bridgehead atoms. The number of likely N-dealkylation sites (tertiary alicyclic amines) is 1. The first-order valence-electron chi connectivity index (χ1n) is 7.45. The molecule has 2 aliphatic heterocycles. The van der Waals surface area contributed by atoms with Crippen LogP contribution in [0.25, 0.3) is 0 Å². The number of carboxylic acids is 1. The molecule has 0 spiro atoms. The summed E-state index contributed by atoms with van der Waals surface area (Å²) in [5.74, 6) is -0.795. The minimum Gasteiger partial charge on any atom is -0.481 e. The maximum atomic E-state index is 12.1. The predicted molar refractivity (Wildman–Crippen MR) is 73.5 cm³/mol. The molecule has 0 aromatic rings. The number of hydrogen-bond donors (Lipinski definition) is 2. The molecule has 0 aromatic carbocycles. The van der Waals surface area contributed by atoms with Crippen LogP contribution in [-0.4, -0.2) is 54.4 Å². The molecule has 0 aromatic heterocycles. The van der Waals surface area contributed by atoms with Gasteiger partial charge in [0.05, 0.1) is 11.5 Å². The van der Waals surface area contributed by atoms with E-state index in [9.17, 15) is 14.7 Å². The molecule has 114 valence electrons. The molecule has 6 heteroatoms. The van der Waals surface area contributed by atoms with Gasteiger partial charge in [-0.05, 0) is 32.1 Å². The summed E-state index contributed by atoms with van der Waals surface area (Å²) in [6.07, 6.45) is 4.08. The van der Waals surface area contributed by atoms with E-state index in [1.54, 1.807) is 4.90 Å². The van der Waals surface area contributed by atoms with Gasteiger partial charge in [0, 0.05) is 26.2 Å². The van der Waals surface area contributed by atoms with Crippen LogP contribution in [0.1, 0.15) is 39.0 Å². The zero-order chi connectivity index (χ0) is 14.6. The Balaban J connectivity index is 1.87. The van der Waals surface area contributed by atoms with Crippen molar-refractivity contribution in [3.8, 4) is 0 Å². The lowest BCUT2D eigenvalue weighted by atomic mass is 9.78. The van der Waals surface area contributed by atoms with Gasteiger partial charge in [0.1, 0.15) is 0 Å². The molecule has 0 aliphatic carbocycles. The lowest BCUT2D eigenvalue weighted by Gasteiger charge is -2.39.